The first-order chi connectivity index (χ1) is 16.1. The van der Waals surface area contributed by atoms with Crippen LogP contribution >= 0.6 is 23.2 Å². The van der Waals surface area contributed by atoms with Crippen LogP contribution in [0.1, 0.15) is 51.6 Å². The number of fused-ring (bicyclic) bond motifs is 1. The quantitative estimate of drug-likeness (QED) is 0.322. The SMILES string of the molecule is CC1=CC[C@@H]2C(=O)N(N(CC(=O)c3ccc(C)c(C)c3)C(=O)c3ccc(Cl)cc3Cl)C(=O)[C@@H]2C1. The van der Waals surface area contributed by atoms with Crippen molar-refractivity contribution in [3.05, 3.63) is 80.3 Å². The summed E-state index contributed by atoms with van der Waals surface area (Å²) in [5.74, 6) is -3.18. The molecule has 2 aliphatic rings. The summed E-state index contributed by atoms with van der Waals surface area (Å²) in [6.07, 6.45) is 2.81. The summed E-state index contributed by atoms with van der Waals surface area (Å²) in [5.41, 5.74) is 3.40. The first kappa shape index (κ1) is 24.2. The Bertz CT molecular complexity index is 1250. The van der Waals surface area contributed by atoms with Gasteiger partial charge in [-0.05, 0) is 69.0 Å². The van der Waals surface area contributed by atoms with E-state index in [4.69, 9.17) is 23.2 Å². The van der Waals surface area contributed by atoms with Crippen LogP contribution in [0.4, 0.5) is 0 Å². The molecule has 0 aromatic heterocycles. The van der Waals surface area contributed by atoms with Crippen molar-refractivity contribution in [2.24, 2.45) is 11.8 Å². The zero-order valence-electron chi connectivity index (χ0n) is 19.1. The highest BCUT2D eigenvalue weighted by Gasteiger charge is 2.51. The number of carbonyl (C=O) groups is 4. The van der Waals surface area contributed by atoms with Gasteiger partial charge in [-0.1, -0.05) is 47.0 Å². The van der Waals surface area contributed by atoms with Gasteiger partial charge in [-0.3, -0.25) is 19.2 Å². The molecule has 1 saturated heterocycles. The molecule has 34 heavy (non-hydrogen) atoms. The fourth-order valence-corrected chi connectivity index (χ4v) is 4.92. The average molecular weight is 499 g/mol. The van der Waals surface area contributed by atoms with E-state index in [1.54, 1.807) is 12.1 Å². The number of nitrogens with zero attached hydrogens (tertiary/aromatic N) is 2. The van der Waals surface area contributed by atoms with Crippen molar-refractivity contribution in [2.75, 3.05) is 6.54 Å². The number of amides is 3. The van der Waals surface area contributed by atoms with Gasteiger partial charge in [0, 0.05) is 10.6 Å². The van der Waals surface area contributed by atoms with Crippen LogP contribution in [0.2, 0.25) is 10.0 Å². The summed E-state index contributed by atoms with van der Waals surface area (Å²) in [7, 11) is 0. The van der Waals surface area contributed by atoms with E-state index in [0.717, 1.165) is 26.7 Å². The molecule has 0 unspecified atom stereocenters. The fourth-order valence-electron chi connectivity index (χ4n) is 4.44. The Kier molecular flexibility index (Phi) is 6.65. The predicted molar refractivity (Wildman–Crippen MR) is 130 cm³/mol. The number of imide groups is 1. The van der Waals surface area contributed by atoms with Gasteiger partial charge < -0.3 is 0 Å². The largest absolute Gasteiger partial charge is 0.292 e. The van der Waals surface area contributed by atoms with Gasteiger partial charge in [0.05, 0.1) is 22.4 Å². The van der Waals surface area contributed by atoms with Gasteiger partial charge in [0.25, 0.3) is 17.7 Å². The van der Waals surface area contributed by atoms with E-state index in [0.29, 0.717) is 23.4 Å². The number of ketones is 1. The van der Waals surface area contributed by atoms with E-state index in [9.17, 15) is 19.2 Å². The molecular formula is C26H24Cl2N2O4. The van der Waals surface area contributed by atoms with Gasteiger partial charge in [0.2, 0.25) is 0 Å². The number of Topliss-reactive ketones (excluding diaryl/α,β-unsaturated/α-hetero) is 1. The third-order valence-corrected chi connectivity index (χ3v) is 7.11. The number of hydrogen-bond donors (Lipinski definition) is 0. The lowest BCUT2D eigenvalue weighted by Crippen LogP contribution is -2.52. The van der Waals surface area contributed by atoms with Gasteiger partial charge in [-0.25, -0.2) is 5.01 Å². The van der Waals surface area contributed by atoms with Crippen molar-refractivity contribution in [3.63, 3.8) is 0 Å². The molecule has 4 rings (SSSR count). The number of hydrogen-bond acceptors (Lipinski definition) is 4. The Morgan fingerprint density at radius 3 is 2.35 bits per heavy atom. The Balaban J connectivity index is 1.73. The van der Waals surface area contributed by atoms with Crippen LogP contribution < -0.4 is 0 Å². The molecule has 1 aliphatic heterocycles. The molecule has 3 amide bonds. The highest BCUT2D eigenvalue weighted by Crippen LogP contribution is 2.39. The van der Waals surface area contributed by atoms with Gasteiger partial charge >= 0.3 is 0 Å². The van der Waals surface area contributed by atoms with Crippen molar-refractivity contribution < 1.29 is 19.2 Å². The maximum absolute atomic E-state index is 13.6. The summed E-state index contributed by atoms with van der Waals surface area (Å²) in [6.45, 7) is 5.25. The number of allylic oxidation sites excluding steroid dienone is 2. The maximum Gasteiger partial charge on any atom is 0.274 e. The minimum Gasteiger partial charge on any atom is -0.292 e. The fraction of sp³-hybridized carbons (Fsp3) is 0.308. The van der Waals surface area contributed by atoms with E-state index < -0.39 is 41.9 Å². The molecule has 0 bridgehead atoms. The highest BCUT2D eigenvalue weighted by atomic mass is 35.5. The molecule has 0 spiro atoms. The molecule has 8 heteroatoms. The first-order valence-corrected chi connectivity index (χ1v) is 11.7. The van der Waals surface area contributed by atoms with Crippen LogP contribution in [0.5, 0.6) is 0 Å². The normalized spacial score (nSPS) is 19.7. The topological polar surface area (TPSA) is 74.8 Å². The van der Waals surface area contributed by atoms with Crippen molar-refractivity contribution in [1.29, 1.82) is 0 Å². The van der Waals surface area contributed by atoms with Gasteiger partial charge in [-0.2, -0.15) is 5.01 Å². The molecule has 2 aromatic carbocycles. The van der Waals surface area contributed by atoms with E-state index in [-0.39, 0.29) is 10.6 Å². The first-order valence-electron chi connectivity index (χ1n) is 11.0. The van der Waals surface area contributed by atoms with Crippen molar-refractivity contribution >= 4 is 46.7 Å². The average Bonchev–Trinajstić information content (AvgIpc) is 3.02. The number of aryl methyl sites for hydroxylation is 2. The number of hydrazine groups is 1. The molecule has 1 aliphatic carbocycles. The molecule has 1 heterocycles. The Hall–Kier alpha value is -2.96. The summed E-state index contributed by atoms with van der Waals surface area (Å²) in [5, 5.41) is 2.19. The molecule has 2 atom stereocenters. The second-order valence-electron chi connectivity index (χ2n) is 8.90. The molecule has 0 saturated carbocycles. The summed E-state index contributed by atoms with van der Waals surface area (Å²) in [6, 6.07) is 9.54. The second-order valence-corrected chi connectivity index (χ2v) is 9.74. The number of halogens is 2. The predicted octanol–water partition coefficient (Wildman–Crippen LogP) is 5.19. The van der Waals surface area contributed by atoms with Crippen LogP contribution in [0.15, 0.2) is 48.0 Å². The van der Waals surface area contributed by atoms with Crippen LogP contribution in [0.25, 0.3) is 0 Å². The minimum atomic E-state index is -0.719. The number of carbonyl (C=O) groups excluding carboxylic acids is 4. The Morgan fingerprint density at radius 2 is 1.68 bits per heavy atom. The van der Waals surface area contributed by atoms with Crippen LogP contribution in [0.3, 0.4) is 0 Å². The lowest BCUT2D eigenvalue weighted by atomic mass is 9.82. The van der Waals surface area contributed by atoms with Gasteiger partial charge in [-0.15, -0.1) is 0 Å². The van der Waals surface area contributed by atoms with Gasteiger partial charge in [0.1, 0.15) is 6.54 Å². The lowest BCUT2D eigenvalue weighted by Gasteiger charge is -2.30. The Morgan fingerprint density at radius 1 is 0.971 bits per heavy atom. The maximum atomic E-state index is 13.6. The summed E-state index contributed by atoms with van der Waals surface area (Å²) >= 11 is 12.2. The third-order valence-electron chi connectivity index (χ3n) is 6.56. The summed E-state index contributed by atoms with van der Waals surface area (Å²) in [4.78, 5) is 53.5. The molecule has 0 N–H and O–H groups in total. The second kappa shape index (κ2) is 9.35. The van der Waals surface area contributed by atoms with Crippen molar-refractivity contribution in [3.8, 4) is 0 Å². The van der Waals surface area contributed by atoms with E-state index in [1.807, 2.05) is 32.9 Å². The Labute approximate surface area is 208 Å². The number of benzene rings is 2. The van der Waals surface area contributed by atoms with E-state index in [1.165, 1.54) is 18.2 Å². The molecule has 0 radical (unpaired) electrons. The van der Waals surface area contributed by atoms with Crippen LogP contribution in [-0.2, 0) is 9.59 Å². The zero-order valence-corrected chi connectivity index (χ0v) is 20.6. The smallest absolute Gasteiger partial charge is 0.274 e. The lowest BCUT2D eigenvalue weighted by molar-refractivity contribution is -0.154. The summed E-state index contributed by atoms with van der Waals surface area (Å²) < 4.78 is 0. The molecule has 2 aromatic rings. The molecule has 6 nitrogen and oxygen atoms in total. The monoisotopic (exact) mass is 498 g/mol. The number of rotatable bonds is 5. The van der Waals surface area contributed by atoms with E-state index >= 15 is 0 Å². The molecular weight excluding hydrogens is 475 g/mol. The third kappa shape index (κ3) is 4.40. The van der Waals surface area contributed by atoms with Crippen molar-refractivity contribution in [1.82, 2.24) is 10.0 Å². The zero-order chi connectivity index (χ0) is 24.7. The van der Waals surface area contributed by atoms with Gasteiger partial charge in [0.15, 0.2) is 5.78 Å². The van der Waals surface area contributed by atoms with Crippen molar-refractivity contribution in [2.45, 2.75) is 33.6 Å². The highest BCUT2D eigenvalue weighted by molar-refractivity contribution is 6.36. The van der Waals surface area contributed by atoms with E-state index in [2.05, 4.69) is 0 Å². The minimum absolute atomic E-state index is 0.0451. The molecule has 1 fully saturated rings. The van der Waals surface area contributed by atoms with Crippen LogP contribution in [0, 0.1) is 25.7 Å². The molecule has 176 valence electrons. The van der Waals surface area contributed by atoms with Crippen LogP contribution in [-0.4, -0.2) is 40.1 Å². The standard InChI is InChI=1S/C26H24Cl2N2O4/c1-14-4-8-19-21(10-14)26(34)30(25(19)33)29(24(32)20-9-7-18(27)12-22(20)28)13-23(31)17-6-5-15(2)16(3)11-17/h4-7,9,11-12,19,21H,8,10,13H2,1-3H3/t19-,21+/m0/s1.